The summed E-state index contributed by atoms with van der Waals surface area (Å²) < 4.78 is 12.8. The first kappa shape index (κ1) is 11.5. The lowest BCUT2D eigenvalue weighted by atomic mass is 10.0. The molecule has 1 atom stereocenters. The Labute approximate surface area is 89.1 Å². The van der Waals surface area contributed by atoms with Crippen molar-refractivity contribution in [2.75, 3.05) is 0 Å². The van der Waals surface area contributed by atoms with Gasteiger partial charge in [0, 0.05) is 6.04 Å². The molecule has 0 aliphatic rings. The predicted molar refractivity (Wildman–Crippen MR) is 57.9 cm³/mol. The van der Waals surface area contributed by atoms with E-state index in [1.807, 2.05) is 0 Å². The van der Waals surface area contributed by atoms with Gasteiger partial charge in [-0.2, -0.15) is 0 Å². The molecule has 0 amide bonds. The van der Waals surface area contributed by atoms with Crippen molar-refractivity contribution < 1.29 is 4.39 Å². The average molecular weight is 216 g/mol. The molecule has 0 aromatic heterocycles. The molecule has 0 bridgehead atoms. The van der Waals surface area contributed by atoms with E-state index in [0.717, 1.165) is 24.8 Å². The monoisotopic (exact) mass is 215 g/mol. The first-order valence-electron chi connectivity index (χ1n) is 4.85. The van der Waals surface area contributed by atoms with Crippen molar-refractivity contribution in [3.63, 3.8) is 0 Å². The number of halogens is 2. The minimum Gasteiger partial charge on any atom is -0.324 e. The SMILES string of the molecule is CCCC[C@H](N)c1ccc(F)c(Cl)c1. The Kier molecular flexibility index (Phi) is 4.36. The Balaban J connectivity index is 2.70. The molecular weight excluding hydrogens is 201 g/mol. The van der Waals surface area contributed by atoms with Crippen LogP contribution in [-0.4, -0.2) is 0 Å². The van der Waals surface area contributed by atoms with E-state index < -0.39 is 5.82 Å². The molecule has 1 aromatic rings. The second-order valence-electron chi connectivity index (χ2n) is 3.42. The fourth-order valence-corrected chi connectivity index (χ4v) is 1.52. The van der Waals surface area contributed by atoms with E-state index in [-0.39, 0.29) is 11.1 Å². The molecule has 1 nitrogen and oxygen atoms in total. The Morgan fingerprint density at radius 2 is 2.21 bits per heavy atom. The highest BCUT2D eigenvalue weighted by Crippen LogP contribution is 2.22. The Bertz CT molecular complexity index is 301. The summed E-state index contributed by atoms with van der Waals surface area (Å²) in [6.45, 7) is 2.12. The van der Waals surface area contributed by atoms with Crippen molar-refractivity contribution in [2.24, 2.45) is 5.73 Å². The molecule has 0 saturated heterocycles. The van der Waals surface area contributed by atoms with Crippen molar-refractivity contribution in [3.05, 3.63) is 34.6 Å². The van der Waals surface area contributed by atoms with Crippen LogP contribution in [0.25, 0.3) is 0 Å². The maximum atomic E-state index is 12.8. The number of unbranched alkanes of at least 4 members (excludes halogenated alkanes) is 1. The van der Waals surface area contributed by atoms with Gasteiger partial charge in [-0.05, 0) is 24.1 Å². The van der Waals surface area contributed by atoms with Gasteiger partial charge in [-0.1, -0.05) is 37.4 Å². The molecule has 78 valence electrons. The van der Waals surface area contributed by atoms with Crippen LogP contribution < -0.4 is 5.73 Å². The molecule has 0 aliphatic carbocycles. The molecule has 0 unspecified atom stereocenters. The van der Waals surface area contributed by atoms with E-state index in [1.165, 1.54) is 6.07 Å². The number of hydrogen-bond acceptors (Lipinski definition) is 1. The van der Waals surface area contributed by atoms with Crippen LogP contribution in [0.1, 0.15) is 37.8 Å². The Hall–Kier alpha value is -0.600. The van der Waals surface area contributed by atoms with Gasteiger partial charge in [-0.3, -0.25) is 0 Å². The van der Waals surface area contributed by atoms with Crippen molar-refractivity contribution in [1.29, 1.82) is 0 Å². The summed E-state index contributed by atoms with van der Waals surface area (Å²) in [4.78, 5) is 0. The van der Waals surface area contributed by atoms with Crippen LogP contribution in [0.2, 0.25) is 5.02 Å². The third kappa shape index (κ3) is 2.96. The van der Waals surface area contributed by atoms with Gasteiger partial charge in [0.05, 0.1) is 5.02 Å². The smallest absolute Gasteiger partial charge is 0.141 e. The first-order chi connectivity index (χ1) is 6.65. The summed E-state index contributed by atoms with van der Waals surface area (Å²) in [5.74, 6) is -0.391. The molecule has 0 aliphatic heterocycles. The summed E-state index contributed by atoms with van der Waals surface area (Å²) in [5.41, 5.74) is 6.83. The maximum Gasteiger partial charge on any atom is 0.141 e. The zero-order valence-corrected chi connectivity index (χ0v) is 9.02. The van der Waals surface area contributed by atoms with Crippen molar-refractivity contribution in [1.82, 2.24) is 0 Å². The summed E-state index contributed by atoms with van der Waals surface area (Å²) in [6.07, 6.45) is 3.11. The van der Waals surface area contributed by atoms with E-state index in [1.54, 1.807) is 12.1 Å². The maximum absolute atomic E-state index is 12.8. The summed E-state index contributed by atoms with van der Waals surface area (Å²) >= 11 is 5.66. The van der Waals surface area contributed by atoms with Crippen molar-refractivity contribution >= 4 is 11.6 Å². The number of hydrogen-bond donors (Lipinski definition) is 1. The zero-order chi connectivity index (χ0) is 10.6. The van der Waals surface area contributed by atoms with E-state index >= 15 is 0 Å². The van der Waals surface area contributed by atoms with E-state index in [9.17, 15) is 4.39 Å². The lowest BCUT2D eigenvalue weighted by Gasteiger charge is -2.11. The fraction of sp³-hybridized carbons (Fsp3) is 0.455. The normalized spacial score (nSPS) is 12.9. The van der Waals surface area contributed by atoms with Gasteiger partial charge in [0.25, 0.3) is 0 Å². The summed E-state index contributed by atoms with van der Waals surface area (Å²) in [5, 5.41) is 0.148. The molecule has 1 aromatic carbocycles. The second kappa shape index (κ2) is 5.32. The fourth-order valence-electron chi connectivity index (χ4n) is 1.33. The molecule has 0 saturated carbocycles. The van der Waals surface area contributed by atoms with Crippen LogP contribution in [0.4, 0.5) is 4.39 Å². The predicted octanol–water partition coefficient (Wildman–Crippen LogP) is 3.67. The van der Waals surface area contributed by atoms with Gasteiger partial charge in [-0.15, -0.1) is 0 Å². The van der Waals surface area contributed by atoms with Crippen molar-refractivity contribution in [3.8, 4) is 0 Å². The standard InChI is InChI=1S/C11H15ClFN/c1-2-3-4-11(14)8-5-6-10(13)9(12)7-8/h5-7,11H,2-4,14H2,1H3/t11-/m0/s1. The van der Waals surface area contributed by atoms with Crippen LogP contribution in [0.15, 0.2) is 18.2 Å². The van der Waals surface area contributed by atoms with Crippen LogP contribution in [0.3, 0.4) is 0 Å². The van der Waals surface area contributed by atoms with Crippen LogP contribution in [-0.2, 0) is 0 Å². The zero-order valence-electron chi connectivity index (χ0n) is 8.26. The highest BCUT2D eigenvalue weighted by molar-refractivity contribution is 6.30. The number of nitrogens with two attached hydrogens (primary N) is 1. The minimum atomic E-state index is -0.391. The van der Waals surface area contributed by atoms with E-state index in [4.69, 9.17) is 17.3 Å². The highest BCUT2D eigenvalue weighted by Gasteiger charge is 2.07. The molecular formula is C11H15ClFN. The number of rotatable bonds is 4. The topological polar surface area (TPSA) is 26.0 Å². The van der Waals surface area contributed by atoms with Crippen molar-refractivity contribution in [2.45, 2.75) is 32.2 Å². The third-order valence-electron chi connectivity index (χ3n) is 2.24. The second-order valence-corrected chi connectivity index (χ2v) is 3.83. The molecule has 0 heterocycles. The molecule has 1 rings (SSSR count). The number of benzene rings is 1. The lowest BCUT2D eigenvalue weighted by molar-refractivity contribution is 0.597. The highest BCUT2D eigenvalue weighted by atomic mass is 35.5. The van der Waals surface area contributed by atoms with Gasteiger partial charge in [0.1, 0.15) is 5.82 Å². The molecule has 0 radical (unpaired) electrons. The van der Waals surface area contributed by atoms with E-state index in [2.05, 4.69) is 6.92 Å². The lowest BCUT2D eigenvalue weighted by Crippen LogP contribution is -2.10. The van der Waals surface area contributed by atoms with E-state index in [0.29, 0.717) is 0 Å². The summed E-state index contributed by atoms with van der Waals surface area (Å²) in [6, 6.07) is 4.63. The van der Waals surface area contributed by atoms with Gasteiger partial charge in [0.2, 0.25) is 0 Å². The largest absolute Gasteiger partial charge is 0.324 e. The first-order valence-corrected chi connectivity index (χ1v) is 5.23. The Morgan fingerprint density at radius 1 is 1.50 bits per heavy atom. The van der Waals surface area contributed by atoms with Crippen LogP contribution in [0, 0.1) is 5.82 Å². The minimum absolute atomic E-state index is 0.0342. The molecule has 2 N–H and O–H groups in total. The Morgan fingerprint density at radius 3 is 2.79 bits per heavy atom. The van der Waals surface area contributed by atoms with Gasteiger partial charge in [-0.25, -0.2) is 4.39 Å². The van der Waals surface area contributed by atoms with Gasteiger partial charge < -0.3 is 5.73 Å². The molecule has 3 heteroatoms. The van der Waals surface area contributed by atoms with Crippen LogP contribution in [0.5, 0.6) is 0 Å². The summed E-state index contributed by atoms with van der Waals surface area (Å²) in [7, 11) is 0. The molecule has 0 fully saturated rings. The third-order valence-corrected chi connectivity index (χ3v) is 2.53. The molecule has 0 spiro atoms. The van der Waals surface area contributed by atoms with Crippen LogP contribution >= 0.6 is 11.6 Å². The average Bonchev–Trinajstić information content (AvgIpc) is 2.18. The van der Waals surface area contributed by atoms with Gasteiger partial charge >= 0.3 is 0 Å². The van der Waals surface area contributed by atoms with Gasteiger partial charge in [0.15, 0.2) is 0 Å². The molecule has 14 heavy (non-hydrogen) atoms. The quantitative estimate of drug-likeness (QED) is 0.815.